The van der Waals surface area contributed by atoms with Crippen LogP contribution in [0.1, 0.15) is 12.8 Å². The number of rotatable bonds is 1. The van der Waals surface area contributed by atoms with E-state index in [9.17, 15) is 15.3 Å². The van der Waals surface area contributed by atoms with Gasteiger partial charge in [0.05, 0.1) is 17.8 Å². The van der Waals surface area contributed by atoms with Crippen LogP contribution in [0.5, 0.6) is 0 Å². The lowest BCUT2D eigenvalue weighted by Crippen LogP contribution is -2.12. The summed E-state index contributed by atoms with van der Waals surface area (Å²) in [5.74, 6) is -0.725. The molecule has 0 spiro atoms. The van der Waals surface area contributed by atoms with E-state index < -0.39 is 21.3 Å². The lowest BCUT2D eigenvalue weighted by Gasteiger charge is -1.91. The van der Waals surface area contributed by atoms with Crippen LogP contribution >= 0.6 is 0 Å². The van der Waals surface area contributed by atoms with Crippen molar-refractivity contribution in [1.29, 1.82) is 0 Å². The van der Waals surface area contributed by atoms with Crippen molar-refractivity contribution in [1.82, 2.24) is 0 Å². The van der Waals surface area contributed by atoms with Crippen molar-refractivity contribution >= 4 is 5.71 Å². The molecule has 0 aromatic carbocycles. The van der Waals surface area contributed by atoms with Crippen LogP contribution in [0, 0.1) is 15.3 Å². The summed E-state index contributed by atoms with van der Waals surface area (Å²) in [6.45, 7) is 0. The molecule has 0 atom stereocenters. The van der Waals surface area contributed by atoms with Crippen molar-refractivity contribution in [3.05, 3.63) is 26.8 Å². The van der Waals surface area contributed by atoms with Crippen molar-refractivity contribution in [2.45, 2.75) is 12.8 Å². The molecule has 2 N–H and O–H groups in total. The van der Waals surface area contributed by atoms with Gasteiger partial charge in [0.25, 0.3) is 17.2 Å². The maximum atomic E-state index is 10.2. The molecule has 0 saturated carbocycles. The highest BCUT2D eigenvalue weighted by Gasteiger charge is 2.36. The molecule has 12 heavy (non-hydrogen) atoms. The molecule has 0 bridgehead atoms. The van der Waals surface area contributed by atoms with Gasteiger partial charge in [-0.15, -0.1) is 0 Å². The number of allylic oxidation sites excluding steroid dienone is 2. The van der Waals surface area contributed by atoms with Crippen molar-refractivity contribution < 1.29 is 20.1 Å². The summed E-state index contributed by atoms with van der Waals surface area (Å²) in [6, 6.07) is 0. The largest absolute Gasteiger partial charge is 0.498 e. The number of aliphatic hydroxyl groups excluding tert-OH is 1. The van der Waals surface area contributed by atoms with Gasteiger partial charge in [-0.3, -0.25) is 15.3 Å². The Morgan fingerprint density at radius 1 is 1.33 bits per heavy atom. The maximum absolute atomic E-state index is 10.2. The van der Waals surface area contributed by atoms with Crippen molar-refractivity contribution in [2.24, 2.45) is 0 Å². The summed E-state index contributed by atoms with van der Waals surface area (Å²) >= 11 is 0. The molecule has 1 aliphatic rings. The Morgan fingerprint density at radius 2 is 1.92 bits per heavy atom. The SMILES string of the molecule is O=[N+]([O-])C1=C(O)/C(=[N+](\[O-])O)CC1. The first-order valence-electron chi connectivity index (χ1n) is 3.13. The van der Waals surface area contributed by atoms with E-state index in [1.165, 1.54) is 0 Å². The van der Waals surface area contributed by atoms with Gasteiger partial charge in [-0.2, -0.15) is 0 Å². The first-order valence-corrected chi connectivity index (χ1v) is 3.13. The van der Waals surface area contributed by atoms with E-state index in [4.69, 9.17) is 10.3 Å². The quantitative estimate of drug-likeness (QED) is 0.255. The minimum Gasteiger partial charge on any atom is -0.498 e. The first-order chi connectivity index (χ1) is 5.54. The smallest absolute Gasteiger partial charge is 0.294 e. The highest BCUT2D eigenvalue weighted by Crippen LogP contribution is 2.21. The third-order valence-corrected chi connectivity index (χ3v) is 1.60. The normalized spacial score (nSPS) is 21.3. The number of hydrogen-bond donors (Lipinski definition) is 2. The first kappa shape index (κ1) is 8.31. The van der Waals surface area contributed by atoms with Gasteiger partial charge in [-0.1, -0.05) is 0 Å². The molecular formula is C5H6N2O5. The summed E-state index contributed by atoms with van der Waals surface area (Å²) in [7, 11) is 0. The fraction of sp³-hybridized carbons (Fsp3) is 0.400. The summed E-state index contributed by atoms with van der Waals surface area (Å²) < 4.78 is 0. The molecule has 0 aromatic rings. The van der Waals surface area contributed by atoms with Crippen molar-refractivity contribution in [3.8, 4) is 0 Å². The molecule has 1 rings (SSSR count). The molecule has 0 unspecified atom stereocenters. The van der Waals surface area contributed by atoms with E-state index in [0.29, 0.717) is 0 Å². The molecule has 0 aliphatic heterocycles. The van der Waals surface area contributed by atoms with E-state index in [2.05, 4.69) is 0 Å². The predicted molar refractivity (Wildman–Crippen MR) is 36.3 cm³/mol. The molecule has 0 heterocycles. The second kappa shape index (κ2) is 2.68. The topological polar surface area (TPSA) is 110 Å². The monoisotopic (exact) mass is 174 g/mol. The van der Waals surface area contributed by atoms with Gasteiger partial charge in [0.2, 0.25) is 0 Å². The molecule has 0 aromatic heterocycles. The zero-order chi connectivity index (χ0) is 9.30. The number of aliphatic hydroxyl groups is 1. The van der Waals surface area contributed by atoms with E-state index >= 15 is 0 Å². The van der Waals surface area contributed by atoms with Crippen LogP contribution in [0.25, 0.3) is 0 Å². The average molecular weight is 174 g/mol. The Morgan fingerprint density at radius 3 is 2.17 bits per heavy atom. The lowest BCUT2D eigenvalue weighted by molar-refractivity contribution is -0.726. The second-order valence-corrected chi connectivity index (χ2v) is 2.27. The predicted octanol–water partition coefficient (Wildman–Crippen LogP) is 0.167. The van der Waals surface area contributed by atoms with Crippen LogP contribution in [0.4, 0.5) is 0 Å². The average Bonchev–Trinajstić information content (AvgIpc) is 2.30. The Hall–Kier alpha value is -1.79. The van der Waals surface area contributed by atoms with Gasteiger partial charge in [0.1, 0.15) is 0 Å². The highest BCUT2D eigenvalue weighted by atomic mass is 16.8. The molecule has 7 heteroatoms. The molecule has 1 aliphatic carbocycles. The van der Waals surface area contributed by atoms with Crippen LogP contribution in [-0.2, 0) is 0 Å². The van der Waals surface area contributed by atoms with Gasteiger partial charge in [-0.25, -0.2) is 0 Å². The zero-order valence-electron chi connectivity index (χ0n) is 5.93. The van der Waals surface area contributed by atoms with Gasteiger partial charge in [0.15, 0.2) is 0 Å². The Balaban J connectivity index is 3.08. The molecule has 7 nitrogen and oxygen atoms in total. The van der Waals surface area contributed by atoms with Gasteiger partial charge in [-0.05, 0) is 0 Å². The number of nitro groups is 1. The molecule has 0 radical (unpaired) electrons. The van der Waals surface area contributed by atoms with Crippen LogP contribution in [-0.4, -0.2) is 25.9 Å². The lowest BCUT2D eigenvalue weighted by atomic mass is 10.3. The minimum absolute atomic E-state index is 0.0118. The van der Waals surface area contributed by atoms with Gasteiger partial charge >= 0.3 is 0 Å². The van der Waals surface area contributed by atoms with Crippen LogP contribution in [0.15, 0.2) is 11.5 Å². The van der Waals surface area contributed by atoms with Crippen LogP contribution in [0.2, 0.25) is 0 Å². The van der Waals surface area contributed by atoms with Crippen molar-refractivity contribution in [3.63, 3.8) is 0 Å². The second-order valence-electron chi connectivity index (χ2n) is 2.27. The molecular weight excluding hydrogens is 168 g/mol. The molecule has 66 valence electrons. The highest BCUT2D eigenvalue weighted by molar-refractivity contribution is 5.96. The van der Waals surface area contributed by atoms with Gasteiger partial charge < -0.3 is 10.3 Å². The molecule has 0 saturated heterocycles. The van der Waals surface area contributed by atoms with E-state index in [1.807, 2.05) is 0 Å². The van der Waals surface area contributed by atoms with Crippen LogP contribution < -0.4 is 0 Å². The van der Waals surface area contributed by atoms with E-state index in [-0.39, 0.29) is 18.6 Å². The third kappa shape index (κ3) is 1.16. The summed E-state index contributed by atoms with van der Waals surface area (Å²) in [6.07, 6.45) is -0.0460. The van der Waals surface area contributed by atoms with E-state index in [1.54, 1.807) is 0 Å². The summed E-state index contributed by atoms with van der Waals surface area (Å²) in [4.78, 5) is 8.83. The fourth-order valence-electron chi connectivity index (χ4n) is 1.00. The minimum atomic E-state index is -0.772. The maximum Gasteiger partial charge on any atom is 0.294 e. The zero-order valence-corrected chi connectivity index (χ0v) is 5.93. The van der Waals surface area contributed by atoms with E-state index in [0.717, 1.165) is 0 Å². The van der Waals surface area contributed by atoms with Gasteiger partial charge in [0, 0.05) is 4.90 Å². The van der Waals surface area contributed by atoms with Crippen LogP contribution in [0.3, 0.4) is 0 Å². The molecule has 0 fully saturated rings. The van der Waals surface area contributed by atoms with Crippen molar-refractivity contribution in [2.75, 3.05) is 0 Å². The standard InChI is InChI=1S/C5H6N2O5/c8-5-3(6(9)10)1-2-4(5)7(11)12/h8H,1-2H2,(H,9,10). The summed E-state index contributed by atoms with van der Waals surface area (Å²) in [5, 5.41) is 37.7. The fourth-order valence-corrected chi connectivity index (χ4v) is 1.00. The number of hydrogen-bond acceptors (Lipinski definition) is 5. The Bertz CT molecular complexity index is 288. The Kier molecular flexibility index (Phi) is 1.86. The Labute approximate surface area is 66.6 Å². The molecule has 0 amide bonds. The summed E-state index contributed by atoms with van der Waals surface area (Å²) in [5.41, 5.74) is -0.790. The number of nitrogens with zero attached hydrogens (tertiary/aromatic N) is 2. The third-order valence-electron chi connectivity index (χ3n) is 1.60.